The van der Waals surface area contributed by atoms with Crippen LogP contribution in [-0.4, -0.2) is 4.92 Å². The fourth-order valence-electron chi connectivity index (χ4n) is 1.35. The van der Waals surface area contributed by atoms with Gasteiger partial charge in [0.15, 0.2) is 0 Å². The zero-order valence-corrected chi connectivity index (χ0v) is 11.5. The molecule has 2 rings (SSSR count). The van der Waals surface area contributed by atoms with Gasteiger partial charge in [-0.1, -0.05) is 34.8 Å². The molecule has 0 bridgehead atoms. The second kappa shape index (κ2) is 5.65. The molecule has 0 N–H and O–H groups in total. The molecule has 2 aromatic carbocycles. The van der Waals surface area contributed by atoms with Gasteiger partial charge in [-0.15, -0.1) is 0 Å². The van der Waals surface area contributed by atoms with Gasteiger partial charge < -0.3 is 4.74 Å². The van der Waals surface area contributed by atoms with Crippen molar-refractivity contribution in [1.29, 1.82) is 0 Å². The van der Waals surface area contributed by atoms with Crippen LogP contribution in [0.3, 0.4) is 0 Å². The standard InChI is InChI=1S/C12H6Cl3NO3/c13-9-3-2-8(6-10(9)14)19-12-4-1-7(16(17)18)5-11(12)15/h1-6H. The lowest BCUT2D eigenvalue weighted by Crippen LogP contribution is -1.90. The molecule has 4 nitrogen and oxygen atoms in total. The van der Waals surface area contributed by atoms with Gasteiger partial charge >= 0.3 is 0 Å². The van der Waals surface area contributed by atoms with Gasteiger partial charge in [0.05, 0.1) is 20.0 Å². The Morgan fingerprint density at radius 2 is 1.68 bits per heavy atom. The molecule has 0 spiro atoms. The van der Waals surface area contributed by atoms with Crippen molar-refractivity contribution in [2.24, 2.45) is 0 Å². The summed E-state index contributed by atoms with van der Waals surface area (Å²) in [6.07, 6.45) is 0. The number of non-ortho nitro benzene ring substituents is 1. The molecule has 0 saturated carbocycles. The van der Waals surface area contributed by atoms with E-state index in [1.807, 2.05) is 0 Å². The molecule has 7 heteroatoms. The molecule has 0 heterocycles. The Morgan fingerprint density at radius 1 is 0.947 bits per heavy atom. The minimum absolute atomic E-state index is 0.105. The lowest BCUT2D eigenvalue weighted by molar-refractivity contribution is -0.384. The zero-order chi connectivity index (χ0) is 14.0. The maximum absolute atomic E-state index is 10.6. The molecule has 2 aromatic rings. The van der Waals surface area contributed by atoms with E-state index in [4.69, 9.17) is 39.5 Å². The topological polar surface area (TPSA) is 52.4 Å². The highest BCUT2D eigenvalue weighted by Crippen LogP contribution is 2.34. The van der Waals surface area contributed by atoms with E-state index >= 15 is 0 Å². The number of nitro groups is 1. The number of nitro benzene ring substituents is 1. The maximum Gasteiger partial charge on any atom is 0.271 e. The molecule has 0 unspecified atom stereocenters. The summed E-state index contributed by atoms with van der Waals surface area (Å²) in [5.41, 5.74) is -0.105. The number of hydrogen-bond donors (Lipinski definition) is 0. The first-order valence-electron chi connectivity index (χ1n) is 5.04. The van der Waals surface area contributed by atoms with Gasteiger partial charge in [-0.25, -0.2) is 0 Å². The summed E-state index contributed by atoms with van der Waals surface area (Å²) >= 11 is 17.5. The number of rotatable bonds is 3. The molecular weight excluding hydrogens is 312 g/mol. The molecular formula is C12H6Cl3NO3. The van der Waals surface area contributed by atoms with Crippen LogP contribution >= 0.6 is 34.8 Å². The van der Waals surface area contributed by atoms with Gasteiger partial charge in [-0.05, 0) is 18.2 Å². The molecule has 0 atom stereocenters. The summed E-state index contributed by atoms with van der Waals surface area (Å²) in [6, 6.07) is 8.67. The highest BCUT2D eigenvalue weighted by molar-refractivity contribution is 6.42. The molecule has 0 fully saturated rings. The molecule has 0 aliphatic rings. The van der Waals surface area contributed by atoms with E-state index in [2.05, 4.69) is 0 Å². The van der Waals surface area contributed by atoms with Crippen molar-refractivity contribution in [1.82, 2.24) is 0 Å². The van der Waals surface area contributed by atoms with Crippen molar-refractivity contribution in [3.05, 3.63) is 61.6 Å². The van der Waals surface area contributed by atoms with Crippen molar-refractivity contribution in [3.63, 3.8) is 0 Å². The Kier molecular flexibility index (Phi) is 4.14. The maximum atomic E-state index is 10.6. The molecule has 0 aliphatic carbocycles. The lowest BCUT2D eigenvalue weighted by atomic mass is 10.3. The van der Waals surface area contributed by atoms with Crippen LogP contribution in [0.1, 0.15) is 0 Å². The van der Waals surface area contributed by atoms with Crippen LogP contribution in [-0.2, 0) is 0 Å². The molecule has 0 amide bonds. The van der Waals surface area contributed by atoms with E-state index < -0.39 is 4.92 Å². The largest absolute Gasteiger partial charge is 0.456 e. The van der Waals surface area contributed by atoms with Crippen molar-refractivity contribution >= 4 is 40.5 Å². The molecule has 19 heavy (non-hydrogen) atoms. The number of nitrogens with zero attached hydrogens (tertiary/aromatic N) is 1. The van der Waals surface area contributed by atoms with Crippen molar-refractivity contribution < 1.29 is 9.66 Å². The van der Waals surface area contributed by atoms with Gasteiger partial charge in [0, 0.05) is 18.2 Å². The lowest BCUT2D eigenvalue weighted by Gasteiger charge is -2.08. The zero-order valence-electron chi connectivity index (χ0n) is 9.27. The fourth-order valence-corrected chi connectivity index (χ4v) is 1.85. The predicted molar refractivity (Wildman–Crippen MR) is 74.6 cm³/mol. The molecule has 0 aliphatic heterocycles. The third-order valence-corrected chi connectivity index (χ3v) is 3.28. The normalized spacial score (nSPS) is 10.3. The minimum atomic E-state index is -0.533. The Bertz CT molecular complexity index is 646. The smallest absolute Gasteiger partial charge is 0.271 e. The molecule has 98 valence electrons. The monoisotopic (exact) mass is 317 g/mol. The van der Waals surface area contributed by atoms with Gasteiger partial charge in [0.2, 0.25) is 0 Å². The first kappa shape index (κ1) is 13.9. The van der Waals surface area contributed by atoms with Crippen LogP contribution < -0.4 is 4.74 Å². The summed E-state index contributed by atoms with van der Waals surface area (Å²) in [5.74, 6) is 0.732. The predicted octanol–water partition coefficient (Wildman–Crippen LogP) is 5.35. The third kappa shape index (κ3) is 3.29. The summed E-state index contributed by atoms with van der Waals surface area (Å²) in [4.78, 5) is 10.0. The van der Waals surface area contributed by atoms with Gasteiger partial charge in [0.1, 0.15) is 11.5 Å². The number of hydrogen-bond acceptors (Lipinski definition) is 3. The van der Waals surface area contributed by atoms with Crippen molar-refractivity contribution in [3.8, 4) is 11.5 Å². The fraction of sp³-hybridized carbons (Fsp3) is 0. The van der Waals surface area contributed by atoms with Crippen LogP contribution in [0.15, 0.2) is 36.4 Å². The molecule has 0 aromatic heterocycles. The van der Waals surface area contributed by atoms with Crippen molar-refractivity contribution in [2.75, 3.05) is 0 Å². The average Bonchev–Trinajstić information content (AvgIpc) is 2.36. The van der Waals surface area contributed by atoms with E-state index in [9.17, 15) is 10.1 Å². The highest BCUT2D eigenvalue weighted by atomic mass is 35.5. The Hall–Kier alpha value is -1.49. The van der Waals surface area contributed by atoms with Crippen LogP contribution in [0.5, 0.6) is 11.5 Å². The van der Waals surface area contributed by atoms with Gasteiger partial charge in [-0.3, -0.25) is 10.1 Å². The van der Waals surface area contributed by atoms with Gasteiger partial charge in [0.25, 0.3) is 5.69 Å². The molecule has 0 radical (unpaired) electrons. The van der Waals surface area contributed by atoms with E-state index in [-0.39, 0.29) is 10.7 Å². The molecule has 0 saturated heterocycles. The van der Waals surface area contributed by atoms with E-state index in [1.54, 1.807) is 12.1 Å². The summed E-state index contributed by atoms with van der Waals surface area (Å²) in [7, 11) is 0. The second-order valence-corrected chi connectivity index (χ2v) is 4.77. The Morgan fingerprint density at radius 3 is 2.26 bits per heavy atom. The van der Waals surface area contributed by atoms with E-state index in [0.717, 1.165) is 0 Å². The van der Waals surface area contributed by atoms with Gasteiger partial charge in [-0.2, -0.15) is 0 Å². The second-order valence-electron chi connectivity index (χ2n) is 3.55. The summed E-state index contributed by atoms with van der Waals surface area (Å²) in [5, 5.41) is 11.5. The third-order valence-electron chi connectivity index (χ3n) is 2.25. The minimum Gasteiger partial charge on any atom is -0.456 e. The summed E-state index contributed by atoms with van der Waals surface area (Å²) in [6.45, 7) is 0. The number of halogens is 3. The van der Waals surface area contributed by atoms with Crippen LogP contribution in [0, 0.1) is 10.1 Å². The first-order chi connectivity index (χ1) is 8.97. The number of ether oxygens (including phenoxy) is 1. The Labute approximate surface area is 123 Å². The average molecular weight is 319 g/mol. The first-order valence-corrected chi connectivity index (χ1v) is 6.17. The Balaban J connectivity index is 2.28. The highest BCUT2D eigenvalue weighted by Gasteiger charge is 2.11. The number of benzene rings is 2. The quantitative estimate of drug-likeness (QED) is 0.566. The van der Waals surface area contributed by atoms with Crippen LogP contribution in [0.25, 0.3) is 0 Å². The van der Waals surface area contributed by atoms with E-state index in [1.165, 1.54) is 24.3 Å². The van der Waals surface area contributed by atoms with Crippen LogP contribution in [0.2, 0.25) is 15.1 Å². The summed E-state index contributed by atoms with van der Waals surface area (Å²) < 4.78 is 5.48. The SMILES string of the molecule is O=[N+]([O-])c1ccc(Oc2ccc(Cl)c(Cl)c2)c(Cl)c1. The van der Waals surface area contributed by atoms with Crippen LogP contribution in [0.4, 0.5) is 5.69 Å². The van der Waals surface area contributed by atoms with Crippen molar-refractivity contribution in [2.45, 2.75) is 0 Å². The van der Waals surface area contributed by atoms with E-state index in [0.29, 0.717) is 21.5 Å².